The molecule has 13 heavy (non-hydrogen) atoms. The Labute approximate surface area is 76.1 Å². The molecule has 78 valence electrons. The van der Waals surface area contributed by atoms with Crippen LogP contribution < -0.4 is 5.32 Å². The Morgan fingerprint density at radius 1 is 1.08 bits per heavy atom. The summed E-state index contributed by atoms with van der Waals surface area (Å²) in [6.45, 7) is 1.99. The van der Waals surface area contributed by atoms with Gasteiger partial charge in [-0.15, -0.1) is 0 Å². The van der Waals surface area contributed by atoms with E-state index in [1.165, 1.54) is 4.90 Å². The first kappa shape index (κ1) is 10.8. The molecule has 0 amide bonds. The molecule has 0 aliphatic carbocycles. The molecular weight excluding hydrogens is 181 g/mol. The van der Waals surface area contributed by atoms with Crippen LogP contribution in [-0.4, -0.2) is 43.8 Å². The van der Waals surface area contributed by atoms with E-state index in [0.717, 1.165) is 25.9 Å². The highest BCUT2D eigenvalue weighted by molar-refractivity contribution is 4.67. The highest BCUT2D eigenvalue weighted by Gasteiger charge is 2.30. The highest BCUT2D eigenvalue weighted by atomic mass is 19.4. The van der Waals surface area contributed by atoms with Crippen LogP contribution in [0.4, 0.5) is 13.2 Å². The molecule has 1 heterocycles. The predicted molar refractivity (Wildman–Crippen MR) is 44.6 cm³/mol. The summed E-state index contributed by atoms with van der Waals surface area (Å²) in [5.41, 5.74) is 0. The summed E-state index contributed by atoms with van der Waals surface area (Å²) in [4.78, 5) is 1.49. The zero-order chi connectivity index (χ0) is 9.73. The van der Waals surface area contributed by atoms with E-state index in [0.29, 0.717) is 13.1 Å². The van der Waals surface area contributed by atoms with Gasteiger partial charge in [0.2, 0.25) is 0 Å². The van der Waals surface area contributed by atoms with Crippen LogP contribution in [0.1, 0.15) is 12.8 Å². The highest BCUT2D eigenvalue weighted by Crippen LogP contribution is 2.16. The maximum atomic E-state index is 12.0. The molecule has 5 heteroatoms. The third-order valence-electron chi connectivity index (χ3n) is 2.06. The Balaban J connectivity index is 2.29. The third kappa shape index (κ3) is 5.10. The molecule has 1 fully saturated rings. The molecule has 0 aromatic heterocycles. The summed E-state index contributed by atoms with van der Waals surface area (Å²) in [6, 6.07) is 0. The zero-order valence-electron chi connectivity index (χ0n) is 7.53. The summed E-state index contributed by atoms with van der Waals surface area (Å²) in [5.74, 6) is 0. The van der Waals surface area contributed by atoms with Crippen LogP contribution in [-0.2, 0) is 0 Å². The lowest BCUT2D eigenvalue weighted by Gasteiger charge is -2.25. The predicted octanol–water partition coefficient (Wildman–Crippen LogP) is 1.23. The van der Waals surface area contributed by atoms with Crippen molar-refractivity contribution >= 4 is 0 Å². The largest absolute Gasteiger partial charge is 0.401 e. The van der Waals surface area contributed by atoms with Gasteiger partial charge < -0.3 is 5.32 Å². The van der Waals surface area contributed by atoms with E-state index in [-0.39, 0.29) is 0 Å². The van der Waals surface area contributed by atoms with E-state index >= 15 is 0 Å². The third-order valence-corrected chi connectivity index (χ3v) is 2.06. The minimum absolute atomic E-state index is 0.548. The molecule has 1 rings (SSSR count). The normalized spacial score (nSPS) is 22.4. The summed E-state index contributed by atoms with van der Waals surface area (Å²) in [6.07, 6.45) is -2.45. The number of rotatable bonds is 1. The first-order chi connectivity index (χ1) is 6.08. The van der Waals surface area contributed by atoms with Gasteiger partial charge in [-0.05, 0) is 39.0 Å². The van der Waals surface area contributed by atoms with Gasteiger partial charge in [0.1, 0.15) is 0 Å². The summed E-state index contributed by atoms with van der Waals surface area (Å²) >= 11 is 0. The van der Waals surface area contributed by atoms with Crippen LogP contribution >= 0.6 is 0 Å². The van der Waals surface area contributed by atoms with Gasteiger partial charge in [-0.25, -0.2) is 0 Å². The van der Waals surface area contributed by atoms with Crippen LogP contribution in [0.15, 0.2) is 0 Å². The molecule has 0 aromatic carbocycles. The maximum Gasteiger partial charge on any atom is 0.401 e. The Morgan fingerprint density at radius 2 is 1.62 bits per heavy atom. The van der Waals surface area contributed by atoms with Crippen LogP contribution in [0.25, 0.3) is 0 Å². The lowest BCUT2D eigenvalue weighted by molar-refractivity contribution is -0.146. The van der Waals surface area contributed by atoms with Crippen molar-refractivity contribution < 1.29 is 13.2 Å². The van der Waals surface area contributed by atoms with Crippen LogP contribution in [0.5, 0.6) is 0 Å². The van der Waals surface area contributed by atoms with Gasteiger partial charge in [-0.2, -0.15) is 13.2 Å². The molecule has 0 spiro atoms. The zero-order valence-corrected chi connectivity index (χ0v) is 7.53. The number of hydrogen-bond donors (Lipinski definition) is 1. The average Bonchev–Trinajstić information content (AvgIpc) is 1.92. The van der Waals surface area contributed by atoms with Gasteiger partial charge in [0.25, 0.3) is 0 Å². The second kappa shape index (κ2) is 4.81. The van der Waals surface area contributed by atoms with Crippen molar-refractivity contribution in [3.63, 3.8) is 0 Å². The van der Waals surface area contributed by atoms with Gasteiger partial charge in [-0.3, -0.25) is 4.90 Å². The van der Waals surface area contributed by atoms with Gasteiger partial charge in [0.15, 0.2) is 0 Å². The number of alkyl halides is 3. The van der Waals surface area contributed by atoms with E-state index in [4.69, 9.17) is 0 Å². The van der Waals surface area contributed by atoms with E-state index in [1.54, 1.807) is 0 Å². The SMILES string of the molecule is FC(F)(F)CN1CCCNCCC1. The maximum absolute atomic E-state index is 12.0. The topological polar surface area (TPSA) is 15.3 Å². The minimum Gasteiger partial charge on any atom is -0.317 e. The molecule has 0 bridgehead atoms. The van der Waals surface area contributed by atoms with Crippen molar-refractivity contribution in [2.45, 2.75) is 19.0 Å². The Bertz CT molecular complexity index is 139. The van der Waals surface area contributed by atoms with Crippen LogP contribution in [0.3, 0.4) is 0 Å². The molecule has 0 radical (unpaired) electrons. The molecule has 1 aliphatic rings. The first-order valence-electron chi connectivity index (χ1n) is 4.58. The smallest absolute Gasteiger partial charge is 0.317 e. The van der Waals surface area contributed by atoms with Crippen LogP contribution in [0.2, 0.25) is 0 Å². The fraction of sp³-hybridized carbons (Fsp3) is 1.00. The average molecular weight is 196 g/mol. The van der Waals surface area contributed by atoms with Gasteiger partial charge in [0.05, 0.1) is 6.54 Å². The number of nitrogens with zero attached hydrogens (tertiary/aromatic N) is 1. The standard InChI is InChI=1S/C8H15F3N2/c9-8(10,11)7-13-5-1-3-12-4-2-6-13/h12H,1-7H2. The van der Waals surface area contributed by atoms with E-state index in [2.05, 4.69) is 5.32 Å². The molecule has 0 saturated carbocycles. The number of nitrogens with one attached hydrogen (secondary N) is 1. The van der Waals surface area contributed by atoms with Gasteiger partial charge in [-0.1, -0.05) is 0 Å². The van der Waals surface area contributed by atoms with Crippen molar-refractivity contribution in [1.29, 1.82) is 0 Å². The van der Waals surface area contributed by atoms with Crippen molar-refractivity contribution in [2.75, 3.05) is 32.7 Å². The monoisotopic (exact) mass is 196 g/mol. The van der Waals surface area contributed by atoms with E-state index < -0.39 is 12.7 Å². The molecule has 0 atom stereocenters. The Hall–Kier alpha value is -0.290. The fourth-order valence-electron chi connectivity index (χ4n) is 1.50. The first-order valence-corrected chi connectivity index (χ1v) is 4.58. The molecule has 1 aliphatic heterocycles. The van der Waals surface area contributed by atoms with Crippen molar-refractivity contribution in [3.05, 3.63) is 0 Å². The molecular formula is C8H15F3N2. The van der Waals surface area contributed by atoms with Crippen molar-refractivity contribution in [3.8, 4) is 0 Å². The number of hydrogen-bond acceptors (Lipinski definition) is 2. The molecule has 0 unspecified atom stereocenters. The molecule has 1 saturated heterocycles. The lowest BCUT2D eigenvalue weighted by Crippen LogP contribution is -2.39. The van der Waals surface area contributed by atoms with E-state index in [1.807, 2.05) is 0 Å². The Kier molecular flexibility index (Phi) is 3.99. The second-order valence-electron chi connectivity index (χ2n) is 3.35. The molecule has 2 nitrogen and oxygen atoms in total. The van der Waals surface area contributed by atoms with Gasteiger partial charge in [0, 0.05) is 0 Å². The summed E-state index contributed by atoms with van der Waals surface area (Å²) in [5, 5.41) is 3.16. The summed E-state index contributed by atoms with van der Waals surface area (Å²) < 4.78 is 36.1. The lowest BCUT2D eigenvalue weighted by atomic mass is 10.2. The second-order valence-corrected chi connectivity index (χ2v) is 3.35. The Morgan fingerprint density at radius 3 is 2.08 bits per heavy atom. The van der Waals surface area contributed by atoms with Crippen molar-refractivity contribution in [1.82, 2.24) is 10.2 Å². The molecule has 0 aromatic rings. The molecule has 1 N–H and O–H groups in total. The van der Waals surface area contributed by atoms with Gasteiger partial charge >= 0.3 is 6.18 Å². The fourth-order valence-corrected chi connectivity index (χ4v) is 1.50. The quantitative estimate of drug-likeness (QED) is 0.678. The summed E-state index contributed by atoms with van der Waals surface area (Å²) in [7, 11) is 0. The van der Waals surface area contributed by atoms with E-state index in [9.17, 15) is 13.2 Å². The number of halogens is 3. The van der Waals surface area contributed by atoms with Crippen LogP contribution in [0, 0.1) is 0 Å². The minimum atomic E-state index is -4.05. The van der Waals surface area contributed by atoms with Crippen molar-refractivity contribution in [2.24, 2.45) is 0 Å².